The van der Waals surface area contributed by atoms with Crippen LogP contribution in [0.15, 0.2) is 109 Å². The van der Waals surface area contributed by atoms with Crippen LogP contribution in [0.4, 0.5) is 5.69 Å². The summed E-state index contributed by atoms with van der Waals surface area (Å²) >= 11 is 0. The van der Waals surface area contributed by atoms with Crippen molar-refractivity contribution in [3.63, 3.8) is 0 Å². The summed E-state index contributed by atoms with van der Waals surface area (Å²) in [7, 11) is 1.49. The molecule has 37 heavy (non-hydrogen) atoms. The van der Waals surface area contributed by atoms with Crippen LogP contribution in [0.1, 0.15) is 17.2 Å². The summed E-state index contributed by atoms with van der Waals surface area (Å²) in [6.45, 7) is 0. The third-order valence-corrected chi connectivity index (χ3v) is 6.08. The molecule has 0 saturated carbocycles. The van der Waals surface area contributed by atoms with Gasteiger partial charge >= 0.3 is 0 Å². The predicted octanol–water partition coefficient (Wildman–Crippen LogP) is 5.82. The quantitative estimate of drug-likeness (QED) is 0.200. The lowest BCUT2D eigenvalue weighted by Crippen LogP contribution is -2.29. The number of carbonyl (C=O) groups is 2. The van der Waals surface area contributed by atoms with E-state index in [0.717, 1.165) is 0 Å². The maximum atomic E-state index is 13.4. The Hall–Kier alpha value is -5.04. The molecule has 1 amide bonds. The number of nitrogens with zero attached hydrogens (tertiary/aromatic N) is 1. The number of amides is 1. The minimum Gasteiger partial charge on any atom is -0.507 e. The third kappa shape index (κ3) is 4.50. The molecule has 1 atom stereocenters. The first-order chi connectivity index (χ1) is 18.0. The summed E-state index contributed by atoms with van der Waals surface area (Å²) in [6, 6.07) is 27.9. The number of ketones is 1. The molecular weight excluding hydrogens is 470 g/mol. The van der Waals surface area contributed by atoms with Gasteiger partial charge in [-0.3, -0.25) is 14.5 Å². The highest BCUT2D eigenvalue weighted by molar-refractivity contribution is 6.51. The minimum absolute atomic E-state index is 0.113. The number of aliphatic hydroxyl groups excluding tert-OH is 1. The zero-order valence-electron chi connectivity index (χ0n) is 19.9. The Balaban J connectivity index is 1.69. The fraction of sp³-hybridized carbons (Fsp3) is 0.0667. The molecular formula is C30H23NO6. The average Bonchev–Trinajstić information content (AvgIpc) is 3.19. The molecule has 5 rings (SSSR count). The maximum Gasteiger partial charge on any atom is 0.300 e. The Morgan fingerprint density at radius 1 is 0.784 bits per heavy atom. The number of aromatic hydroxyl groups is 1. The fourth-order valence-corrected chi connectivity index (χ4v) is 4.36. The summed E-state index contributed by atoms with van der Waals surface area (Å²) < 4.78 is 11.2. The molecule has 1 fully saturated rings. The molecule has 7 nitrogen and oxygen atoms in total. The summed E-state index contributed by atoms with van der Waals surface area (Å²) in [5, 5.41) is 21.9. The van der Waals surface area contributed by atoms with E-state index in [0.29, 0.717) is 28.4 Å². The van der Waals surface area contributed by atoms with E-state index in [1.54, 1.807) is 66.7 Å². The number of ether oxygens (including phenoxy) is 2. The molecule has 7 heteroatoms. The van der Waals surface area contributed by atoms with Crippen molar-refractivity contribution < 1.29 is 29.3 Å². The van der Waals surface area contributed by atoms with Crippen molar-refractivity contribution >= 4 is 23.1 Å². The number of Topliss-reactive ketones (excluding diaryl/α,β-unsaturated/α-hetero) is 1. The molecule has 0 aliphatic carbocycles. The SMILES string of the molecule is COc1cccc(/C(O)=C2/C(=O)C(=O)N(c3ccccc3O)C2c2cccc(Oc3ccccc3)c2)c1. The zero-order chi connectivity index (χ0) is 25.9. The van der Waals surface area contributed by atoms with Gasteiger partial charge in [0.05, 0.1) is 24.4 Å². The molecule has 0 aromatic heterocycles. The first-order valence-corrected chi connectivity index (χ1v) is 11.5. The Bertz CT molecular complexity index is 1510. The van der Waals surface area contributed by atoms with Crippen LogP contribution in [0.3, 0.4) is 0 Å². The molecule has 0 spiro atoms. The molecule has 4 aromatic carbocycles. The maximum absolute atomic E-state index is 13.4. The molecule has 1 aliphatic rings. The van der Waals surface area contributed by atoms with Crippen LogP contribution < -0.4 is 14.4 Å². The largest absolute Gasteiger partial charge is 0.507 e. The molecule has 4 aromatic rings. The van der Waals surface area contributed by atoms with Crippen molar-refractivity contribution in [1.82, 2.24) is 0 Å². The van der Waals surface area contributed by atoms with Crippen molar-refractivity contribution in [2.45, 2.75) is 6.04 Å². The van der Waals surface area contributed by atoms with E-state index in [1.807, 2.05) is 30.3 Å². The smallest absolute Gasteiger partial charge is 0.300 e. The van der Waals surface area contributed by atoms with E-state index >= 15 is 0 Å². The number of hydrogen-bond donors (Lipinski definition) is 2. The Morgan fingerprint density at radius 3 is 2.22 bits per heavy atom. The molecule has 0 bridgehead atoms. The van der Waals surface area contributed by atoms with Gasteiger partial charge in [0.25, 0.3) is 11.7 Å². The minimum atomic E-state index is -1.03. The van der Waals surface area contributed by atoms with Gasteiger partial charge in [0.15, 0.2) is 0 Å². The van der Waals surface area contributed by atoms with E-state index < -0.39 is 17.7 Å². The van der Waals surface area contributed by atoms with Crippen LogP contribution >= 0.6 is 0 Å². The number of benzene rings is 4. The van der Waals surface area contributed by atoms with Crippen molar-refractivity contribution in [3.05, 3.63) is 120 Å². The molecule has 1 unspecified atom stereocenters. The van der Waals surface area contributed by atoms with Crippen LogP contribution in [-0.4, -0.2) is 29.0 Å². The number of rotatable bonds is 6. The number of phenols is 1. The Labute approximate surface area is 213 Å². The first-order valence-electron chi connectivity index (χ1n) is 11.5. The highest BCUT2D eigenvalue weighted by Crippen LogP contribution is 2.45. The number of hydrogen-bond acceptors (Lipinski definition) is 6. The van der Waals surface area contributed by atoms with Gasteiger partial charge in [-0.2, -0.15) is 0 Å². The number of anilines is 1. The highest BCUT2D eigenvalue weighted by atomic mass is 16.5. The van der Waals surface area contributed by atoms with Crippen molar-refractivity contribution in [1.29, 1.82) is 0 Å². The summed E-state index contributed by atoms with van der Waals surface area (Å²) in [5.74, 6) is -0.692. The monoisotopic (exact) mass is 493 g/mol. The number of phenolic OH excluding ortho intramolecular Hbond substituents is 1. The normalized spacial score (nSPS) is 16.6. The lowest BCUT2D eigenvalue weighted by molar-refractivity contribution is -0.132. The van der Waals surface area contributed by atoms with Gasteiger partial charge < -0.3 is 19.7 Å². The van der Waals surface area contributed by atoms with Crippen LogP contribution in [-0.2, 0) is 9.59 Å². The van der Waals surface area contributed by atoms with Crippen LogP contribution in [0, 0.1) is 0 Å². The van der Waals surface area contributed by atoms with Crippen LogP contribution in [0.25, 0.3) is 5.76 Å². The van der Waals surface area contributed by atoms with Crippen LogP contribution in [0.2, 0.25) is 0 Å². The number of carbonyl (C=O) groups excluding carboxylic acids is 2. The lowest BCUT2D eigenvalue weighted by atomic mass is 9.95. The highest BCUT2D eigenvalue weighted by Gasteiger charge is 2.47. The molecule has 2 N–H and O–H groups in total. The number of para-hydroxylation sites is 3. The van der Waals surface area contributed by atoms with Gasteiger partial charge in [0.1, 0.15) is 28.8 Å². The van der Waals surface area contributed by atoms with Crippen molar-refractivity contribution in [3.8, 4) is 23.0 Å². The fourth-order valence-electron chi connectivity index (χ4n) is 4.36. The molecule has 1 heterocycles. The zero-order valence-corrected chi connectivity index (χ0v) is 19.9. The van der Waals surface area contributed by atoms with Gasteiger partial charge in [-0.1, -0.05) is 54.6 Å². The average molecular weight is 494 g/mol. The van der Waals surface area contributed by atoms with E-state index in [4.69, 9.17) is 9.47 Å². The number of aliphatic hydroxyl groups is 1. The number of methoxy groups -OCH3 is 1. The van der Waals surface area contributed by atoms with Crippen molar-refractivity contribution in [2.24, 2.45) is 0 Å². The predicted molar refractivity (Wildman–Crippen MR) is 139 cm³/mol. The summed E-state index contributed by atoms with van der Waals surface area (Å²) in [6.07, 6.45) is 0. The van der Waals surface area contributed by atoms with E-state index in [2.05, 4.69) is 0 Å². The van der Waals surface area contributed by atoms with Gasteiger partial charge in [-0.05, 0) is 54.1 Å². The first kappa shape index (κ1) is 23.7. The lowest BCUT2D eigenvalue weighted by Gasteiger charge is -2.26. The van der Waals surface area contributed by atoms with Gasteiger partial charge in [-0.15, -0.1) is 0 Å². The summed E-state index contributed by atoms with van der Waals surface area (Å²) in [5.41, 5.74) is 0.865. The second-order valence-corrected chi connectivity index (χ2v) is 8.38. The van der Waals surface area contributed by atoms with Crippen LogP contribution in [0.5, 0.6) is 23.0 Å². The van der Waals surface area contributed by atoms with E-state index in [9.17, 15) is 19.8 Å². The van der Waals surface area contributed by atoms with Gasteiger partial charge in [0.2, 0.25) is 0 Å². The molecule has 1 aliphatic heterocycles. The second kappa shape index (κ2) is 9.91. The van der Waals surface area contributed by atoms with Crippen molar-refractivity contribution in [2.75, 3.05) is 12.0 Å². The molecule has 184 valence electrons. The summed E-state index contributed by atoms with van der Waals surface area (Å²) in [4.78, 5) is 27.9. The van der Waals surface area contributed by atoms with E-state index in [-0.39, 0.29) is 22.8 Å². The molecule has 1 saturated heterocycles. The van der Waals surface area contributed by atoms with Gasteiger partial charge in [0, 0.05) is 5.56 Å². The third-order valence-electron chi connectivity index (χ3n) is 6.08. The Kier molecular flexibility index (Phi) is 6.34. The topological polar surface area (TPSA) is 96.3 Å². The van der Waals surface area contributed by atoms with Gasteiger partial charge in [-0.25, -0.2) is 0 Å². The second-order valence-electron chi connectivity index (χ2n) is 8.38. The Morgan fingerprint density at radius 2 is 1.46 bits per heavy atom. The standard InChI is InChI=1S/C30H23NO6/c1-36-22-13-8-10-20(18-22)28(33)26-27(31(30(35)29(26)34)24-15-5-6-16-25(24)32)19-9-7-14-23(17-19)37-21-11-3-2-4-12-21/h2-18,27,32-33H,1H3/b28-26-. The van der Waals surface area contributed by atoms with E-state index in [1.165, 1.54) is 18.1 Å². The molecule has 0 radical (unpaired) electrons.